The molecule has 0 aliphatic carbocycles. The average Bonchev–Trinajstić information content (AvgIpc) is 2.53. The van der Waals surface area contributed by atoms with Crippen LogP contribution >= 0.6 is 0 Å². The van der Waals surface area contributed by atoms with Crippen molar-refractivity contribution in [2.24, 2.45) is 0 Å². The first-order chi connectivity index (χ1) is 9.79. The zero-order chi connectivity index (χ0) is 13.9. The van der Waals surface area contributed by atoms with Crippen LogP contribution in [-0.4, -0.2) is 12.4 Å². The number of aryl methyl sites for hydroxylation is 1. The van der Waals surface area contributed by atoms with Gasteiger partial charge in [0.25, 0.3) is 0 Å². The van der Waals surface area contributed by atoms with Crippen molar-refractivity contribution in [3.8, 4) is 0 Å². The van der Waals surface area contributed by atoms with Gasteiger partial charge in [0, 0.05) is 5.56 Å². The quantitative estimate of drug-likeness (QED) is 0.791. The molecule has 20 heavy (non-hydrogen) atoms. The summed E-state index contributed by atoms with van der Waals surface area (Å²) >= 11 is 0. The Morgan fingerprint density at radius 1 is 1.20 bits per heavy atom. The van der Waals surface area contributed by atoms with E-state index in [0.29, 0.717) is 6.61 Å². The molecular weight excluding hydrogens is 248 g/mol. The van der Waals surface area contributed by atoms with Gasteiger partial charge in [-0.1, -0.05) is 49.4 Å². The lowest BCUT2D eigenvalue weighted by atomic mass is 9.92. The number of carbonyl (C=O) groups excluding carboxylic acids is 1. The Kier molecular flexibility index (Phi) is 3.66. The second-order valence-electron chi connectivity index (χ2n) is 5.12. The van der Waals surface area contributed by atoms with E-state index in [2.05, 4.69) is 13.0 Å². The molecule has 3 rings (SSSR count). The number of hydrogen-bond donors (Lipinski definition) is 0. The van der Waals surface area contributed by atoms with Crippen molar-refractivity contribution in [3.63, 3.8) is 0 Å². The standard InChI is InChI=1S/C18H18O2/c1-2-13-6-5-8-15(12-13)17(19)18-16-9-4-3-7-14(16)10-11-20-18/h3-9,12,18H,2,10-11H2,1H3. The van der Waals surface area contributed by atoms with Crippen LogP contribution in [0.3, 0.4) is 0 Å². The topological polar surface area (TPSA) is 26.3 Å². The van der Waals surface area contributed by atoms with Gasteiger partial charge in [-0.25, -0.2) is 0 Å². The van der Waals surface area contributed by atoms with E-state index in [4.69, 9.17) is 4.74 Å². The number of ether oxygens (including phenoxy) is 1. The fraction of sp³-hybridized carbons (Fsp3) is 0.278. The first-order valence-corrected chi connectivity index (χ1v) is 7.12. The first kappa shape index (κ1) is 13.1. The van der Waals surface area contributed by atoms with Gasteiger partial charge in [-0.05, 0) is 35.6 Å². The highest BCUT2D eigenvalue weighted by atomic mass is 16.5. The maximum Gasteiger partial charge on any atom is 0.196 e. The van der Waals surface area contributed by atoms with Crippen molar-refractivity contribution < 1.29 is 9.53 Å². The van der Waals surface area contributed by atoms with Gasteiger partial charge in [0.15, 0.2) is 5.78 Å². The number of rotatable bonds is 3. The van der Waals surface area contributed by atoms with Gasteiger partial charge in [-0.3, -0.25) is 4.79 Å². The van der Waals surface area contributed by atoms with E-state index < -0.39 is 6.10 Å². The molecule has 0 spiro atoms. The molecule has 2 aromatic carbocycles. The van der Waals surface area contributed by atoms with Crippen molar-refractivity contribution in [2.45, 2.75) is 25.9 Å². The van der Waals surface area contributed by atoms with E-state index in [-0.39, 0.29) is 5.78 Å². The normalized spacial score (nSPS) is 17.6. The smallest absolute Gasteiger partial charge is 0.196 e. The van der Waals surface area contributed by atoms with Gasteiger partial charge in [0.05, 0.1) is 6.61 Å². The van der Waals surface area contributed by atoms with Gasteiger partial charge in [0.1, 0.15) is 6.10 Å². The van der Waals surface area contributed by atoms with Crippen molar-refractivity contribution in [3.05, 3.63) is 70.8 Å². The summed E-state index contributed by atoms with van der Waals surface area (Å²) in [4.78, 5) is 12.7. The van der Waals surface area contributed by atoms with Crippen LogP contribution in [0.1, 0.15) is 40.1 Å². The Balaban J connectivity index is 1.95. The Hall–Kier alpha value is -1.93. The zero-order valence-corrected chi connectivity index (χ0v) is 11.6. The fourth-order valence-corrected chi connectivity index (χ4v) is 2.71. The molecule has 1 unspecified atom stereocenters. The van der Waals surface area contributed by atoms with E-state index in [9.17, 15) is 4.79 Å². The molecule has 2 aromatic rings. The van der Waals surface area contributed by atoms with Gasteiger partial charge in [0.2, 0.25) is 0 Å². The molecule has 0 amide bonds. The highest BCUT2D eigenvalue weighted by molar-refractivity contribution is 6.00. The average molecular weight is 266 g/mol. The molecule has 1 atom stereocenters. The highest BCUT2D eigenvalue weighted by Crippen LogP contribution is 2.30. The fourth-order valence-electron chi connectivity index (χ4n) is 2.71. The summed E-state index contributed by atoms with van der Waals surface area (Å²) in [6.45, 7) is 2.71. The molecular formula is C18H18O2. The predicted octanol–water partition coefficient (Wildman–Crippen LogP) is 3.75. The number of fused-ring (bicyclic) bond motifs is 1. The molecule has 0 radical (unpaired) electrons. The summed E-state index contributed by atoms with van der Waals surface area (Å²) < 4.78 is 5.74. The molecule has 0 saturated carbocycles. The Morgan fingerprint density at radius 3 is 2.90 bits per heavy atom. The van der Waals surface area contributed by atoms with Crippen LogP contribution < -0.4 is 0 Å². The second kappa shape index (κ2) is 5.59. The molecule has 2 heteroatoms. The van der Waals surface area contributed by atoms with Crippen LogP contribution in [0.2, 0.25) is 0 Å². The molecule has 1 aliphatic rings. The summed E-state index contributed by atoms with van der Waals surface area (Å²) in [5.41, 5.74) is 4.17. The second-order valence-corrected chi connectivity index (χ2v) is 5.12. The monoisotopic (exact) mass is 266 g/mol. The van der Waals surface area contributed by atoms with Crippen molar-refractivity contribution in [1.29, 1.82) is 0 Å². The van der Waals surface area contributed by atoms with Crippen molar-refractivity contribution in [2.75, 3.05) is 6.61 Å². The molecule has 1 heterocycles. The minimum absolute atomic E-state index is 0.0625. The predicted molar refractivity (Wildman–Crippen MR) is 79.0 cm³/mol. The molecule has 2 nitrogen and oxygen atoms in total. The molecule has 0 saturated heterocycles. The lowest BCUT2D eigenvalue weighted by Crippen LogP contribution is -2.23. The summed E-state index contributed by atoms with van der Waals surface area (Å²) in [5, 5.41) is 0. The summed E-state index contributed by atoms with van der Waals surface area (Å²) in [6.07, 6.45) is 1.37. The van der Waals surface area contributed by atoms with Crippen molar-refractivity contribution in [1.82, 2.24) is 0 Å². The number of carbonyl (C=O) groups is 1. The zero-order valence-electron chi connectivity index (χ0n) is 11.6. The van der Waals surface area contributed by atoms with Crippen LogP contribution in [0, 0.1) is 0 Å². The van der Waals surface area contributed by atoms with Gasteiger partial charge in [-0.2, -0.15) is 0 Å². The van der Waals surface area contributed by atoms with Gasteiger partial charge >= 0.3 is 0 Å². The summed E-state index contributed by atoms with van der Waals surface area (Å²) in [5.74, 6) is 0.0625. The molecule has 102 valence electrons. The third-order valence-corrected chi connectivity index (χ3v) is 3.85. The van der Waals surface area contributed by atoms with E-state index >= 15 is 0 Å². The third-order valence-electron chi connectivity index (χ3n) is 3.85. The van der Waals surface area contributed by atoms with Gasteiger partial charge in [-0.15, -0.1) is 0 Å². The summed E-state index contributed by atoms with van der Waals surface area (Å²) in [7, 11) is 0. The van der Waals surface area contributed by atoms with Crippen LogP contribution in [0.25, 0.3) is 0 Å². The van der Waals surface area contributed by atoms with E-state index in [0.717, 1.165) is 24.0 Å². The molecule has 0 bridgehead atoms. The Morgan fingerprint density at radius 2 is 2.05 bits per heavy atom. The molecule has 1 aliphatic heterocycles. The van der Waals surface area contributed by atoms with Crippen LogP contribution in [-0.2, 0) is 17.6 Å². The lowest BCUT2D eigenvalue weighted by Gasteiger charge is -2.25. The van der Waals surface area contributed by atoms with Crippen molar-refractivity contribution >= 4 is 5.78 Å². The number of hydrogen-bond acceptors (Lipinski definition) is 2. The Bertz CT molecular complexity index is 631. The molecule has 0 aromatic heterocycles. The minimum atomic E-state index is -0.452. The van der Waals surface area contributed by atoms with E-state index in [1.54, 1.807) is 0 Å². The van der Waals surface area contributed by atoms with E-state index in [1.807, 2.05) is 42.5 Å². The number of benzene rings is 2. The molecule has 0 N–H and O–H groups in total. The molecule has 0 fully saturated rings. The minimum Gasteiger partial charge on any atom is -0.365 e. The van der Waals surface area contributed by atoms with E-state index in [1.165, 1.54) is 11.1 Å². The lowest BCUT2D eigenvalue weighted by molar-refractivity contribution is 0.0349. The summed E-state index contributed by atoms with van der Waals surface area (Å²) in [6, 6.07) is 15.9. The maximum atomic E-state index is 12.7. The highest BCUT2D eigenvalue weighted by Gasteiger charge is 2.27. The Labute approximate surface area is 119 Å². The number of Topliss-reactive ketones (excluding diaryl/α,β-unsaturated/α-hetero) is 1. The largest absolute Gasteiger partial charge is 0.365 e. The SMILES string of the molecule is CCc1cccc(C(=O)C2OCCc3ccccc32)c1. The third kappa shape index (κ3) is 2.39. The van der Waals surface area contributed by atoms with Gasteiger partial charge < -0.3 is 4.74 Å². The number of ketones is 1. The van der Waals surface area contributed by atoms with Crippen LogP contribution in [0.4, 0.5) is 0 Å². The van der Waals surface area contributed by atoms with Crippen LogP contribution in [0.5, 0.6) is 0 Å². The maximum absolute atomic E-state index is 12.7. The first-order valence-electron chi connectivity index (χ1n) is 7.12. The van der Waals surface area contributed by atoms with Crippen LogP contribution in [0.15, 0.2) is 48.5 Å².